The molecular formula is C6H13NS. The molecule has 1 nitrogen and oxygen atoms in total. The van der Waals surface area contributed by atoms with E-state index in [1.54, 1.807) is 0 Å². The third kappa shape index (κ3) is 1.39. The Morgan fingerprint density at radius 1 is 1.62 bits per heavy atom. The molecule has 0 aromatic heterocycles. The zero-order chi connectivity index (χ0) is 5.98. The predicted molar refractivity (Wildman–Crippen MR) is 39.1 cm³/mol. The highest BCUT2D eigenvalue weighted by Gasteiger charge is 2.24. The van der Waals surface area contributed by atoms with Gasteiger partial charge in [0, 0.05) is 6.04 Å². The van der Waals surface area contributed by atoms with Crippen molar-refractivity contribution in [3.05, 3.63) is 0 Å². The van der Waals surface area contributed by atoms with E-state index < -0.39 is 0 Å². The van der Waals surface area contributed by atoms with Gasteiger partial charge in [0.2, 0.25) is 0 Å². The third-order valence-corrected chi connectivity index (χ3v) is 2.48. The van der Waals surface area contributed by atoms with Crippen LogP contribution in [0.25, 0.3) is 0 Å². The van der Waals surface area contributed by atoms with Crippen molar-refractivity contribution in [1.29, 1.82) is 0 Å². The molecule has 0 aromatic rings. The molecule has 0 bridgehead atoms. The molecule has 1 fully saturated rings. The van der Waals surface area contributed by atoms with Crippen molar-refractivity contribution in [2.45, 2.75) is 18.9 Å². The summed E-state index contributed by atoms with van der Waals surface area (Å²) in [4.78, 5) is 0. The van der Waals surface area contributed by atoms with Crippen molar-refractivity contribution in [3.63, 3.8) is 0 Å². The van der Waals surface area contributed by atoms with Crippen molar-refractivity contribution in [2.24, 2.45) is 11.7 Å². The zero-order valence-electron chi connectivity index (χ0n) is 5.26. The molecule has 1 aliphatic rings. The lowest BCUT2D eigenvalue weighted by molar-refractivity contribution is 0.296. The summed E-state index contributed by atoms with van der Waals surface area (Å²) in [6.07, 6.45) is 4.69. The first-order chi connectivity index (χ1) is 3.83. The van der Waals surface area contributed by atoms with Crippen molar-refractivity contribution in [1.82, 2.24) is 0 Å². The Hall–Kier alpha value is 0.310. The molecule has 1 rings (SSSR count). The van der Waals surface area contributed by atoms with Crippen LogP contribution in [0.15, 0.2) is 0 Å². The van der Waals surface area contributed by atoms with E-state index in [1.807, 2.05) is 11.8 Å². The molecule has 0 heterocycles. The number of hydrogen-bond acceptors (Lipinski definition) is 2. The number of rotatable bonds is 2. The largest absolute Gasteiger partial charge is 0.328 e. The van der Waals surface area contributed by atoms with Crippen LogP contribution >= 0.6 is 11.8 Å². The Labute approximate surface area is 55.0 Å². The minimum Gasteiger partial charge on any atom is -0.328 e. The SMILES string of the molecule is CSCC1CC(N)C1. The zero-order valence-corrected chi connectivity index (χ0v) is 6.08. The van der Waals surface area contributed by atoms with E-state index in [1.165, 1.54) is 18.6 Å². The van der Waals surface area contributed by atoms with Gasteiger partial charge in [-0.25, -0.2) is 0 Å². The molecule has 0 saturated heterocycles. The van der Waals surface area contributed by atoms with Crippen molar-refractivity contribution in [3.8, 4) is 0 Å². The third-order valence-electron chi connectivity index (χ3n) is 1.67. The minimum atomic E-state index is 0.534. The fraction of sp³-hybridized carbons (Fsp3) is 1.00. The average Bonchev–Trinajstić information content (AvgIpc) is 1.64. The summed E-state index contributed by atoms with van der Waals surface area (Å²) in [6.45, 7) is 0. The first kappa shape index (κ1) is 6.43. The topological polar surface area (TPSA) is 26.0 Å². The van der Waals surface area contributed by atoms with Crippen LogP contribution in [-0.2, 0) is 0 Å². The Bertz CT molecular complexity index is 66.2. The molecule has 2 heteroatoms. The smallest absolute Gasteiger partial charge is 0.00447 e. The molecule has 0 atom stereocenters. The van der Waals surface area contributed by atoms with Crippen LogP contribution in [0.4, 0.5) is 0 Å². The van der Waals surface area contributed by atoms with Crippen molar-refractivity contribution < 1.29 is 0 Å². The Balaban J connectivity index is 1.98. The van der Waals surface area contributed by atoms with E-state index >= 15 is 0 Å². The molecule has 48 valence electrons. The van der Waals surface area contributed by atoms with E-state index in [9.17, 15) is 0 Å². The molecule has 1 saturated carbocycles. The van der Waals surface area contributed by atoms with E-state index in [-0.39, 0.29) is 0 Å². The summed E-state index contributed by atoms with van der Waals surface area (Å²) in [7, 11) is 0. The van der Waals surface area contributed by atoms with Crippen LogP contribution in [0.2, 0.25) is 0 Å². The maximum atomic E-state index is 5.59. The Kier molecular flexibility index (Phi) is 2.20. The molecule has 0 amide bonds. The molecular weight excluding hydrogens is 118 g/mol. The van der Waals surface area contributed by atoms with E-state index in [0.717, 1.165) is 5.92 Å². The summed E-state index contributed by atoms with van der Waals surface area (Å²) in [5.74, 6) is 2.26. The molecule has 0 aliphatic heterocycles. The van der Waals surface area contributed by atoms with Gasteiger partial charge in [-0.15, -0.1) is 0 Å². The Morgan fingerprint density at radius 2 is 2.25 bits per heavy atom. The first-order valence-electron chi connectivity index (χ1n) is 3.07. The predicted octanol–water partition coefficient (Wildman–Crippen LogP) is 1.09. The highest BCUT2D eigenvalue weighted by molar-refractivity contribution is 7.98. The summed E-state index contributed by atoms with van der Waals surface area (Å²) in [5.41, 5.74) is 5.59. The molecule has 1 aliphatic carbocycles. The van der Waals surface area contributed by atoms with Crippen LogP contribution < -0.4 is 5.73 Å². The molecule has 0 unspecified atom stereocenters. The molecule has 0 aromatic carbocycles. The normalized spacial score (nSPS) is 36.8. The fourth-order valence-corrected chi connectivity index (χ4v) is 1.90. The van der Waals surface area contributed by atoms with Crippen LogP contribution in [0.5, 0.6) is 0 Å². The maximum absolute atomic E-state index is 5.59. The number of hydrogen-bond donors (Lipinski definition) is 1. The maximum Gasteiger partial charge on any atom is 0.00447 e. The lowest BCUT2D eigenvalue weighted by Crippen LogP contribution is -2.37. The highest BCUT2D eigenvalue weighted by Crippen LogP contribution is 2.27. The number of thioether (sulfide) groups is 1. The fourth-order valence-electron chi connectivity index (χ4n) is 1.16. The summed E-state index contributed by atoms with van der Waals surface area (Å²) < 4.78 is 0. The van der Waals surface area contributed by atoms with Gasteiger partial charge >= 0.3 is 0 Å². The summed E-state index contributed by atoms with van der Waals surface area (Å²) in [5, 5.41) is 0. The van der Waals surface area contributed by atoms with Gasteiger partial charge in [0.15, 0.2) is 0 Å². The van der Waals surface area contributed by atoms with Crippen LogP contribution in [0, 0.1) is 5.92 Å². The number of nitrogens with two attached hydrogens (primary N) is 1. The van der Waals surface area contributed by atoms with E-state index in [0.29, 0.717) is 6.04 Å². The van der Waals surface area contributed by atoms with Gasteiger partial charge in [0.1, 0.15) is 0 Å². The summed E-state index contributed by atoms with van der Waals surface area (Å²) in [6, 6.07) is 0.534. The van der Waals surface area contributed by atoms with Crippen LogP contribution in [0.3, 0.4) is 0 Å². The van der Waals surface area contributed by atoms with Gasteiger partial charge in [-0.3, -0.25) is 0 Å². The van der Waals surface area contributed by atoms with Gasteiger partial charge in [-0.05, 0) is 30.8 Å². The van der Waals surface area contributed by atoms with Gasteiger partial charge in [-0.2, -0.15) is 11.8 Å². The van der Waals surface area contributed by atoms with Gasteiger partial charge in [0.25, 0.3) is 0 Å². The summed E-state index contributed by atoms with van der Waals surface area (Å²) >= 11 is 1.93. The van der Waals surface area contributed by atoms with Crippen molar-refractivity contribution in [2.75, 3.05) is 12.0 Å². The standard InChI is InChI=1S/C6H13NS/c1-8-4-5-2-6(7)3-5/h5-6H,2-4,7H2,1H3. The lowest BCUT2D eigenvalue weighted by Gasteiger charge is -2.31. The second-order valence-electron chi connectivity index (χ2n) is 2.55. The van der Waals surface area contributed by atoms with E-state index in [4.69, 9.17) is 5.73 Å². The monoisotopic (exact) mass is 131 g/mol. The van der Waals surface area contributed by atoms with Gasteiger partial charge in [-0.1, -0.05) is 0 Å². The average molecular weight is 131 g/mol. The molecule has 2 N–H and O–H groups in total. The molecule has 0 spiro atoms. The van der Waals surface area contributed by atoms with Gasteiger partial charge < -0.3 is 5.73 Å². The first-order valence-corrected chi connectivity index (χ1v) is 4.47. The highest BCUT2D eigenvalue weighted by atomic mass is 32.2. The molecule has 8 heavy (non-hydrogen) atoms. The van der Waals surface area contributed by atoms with Gasteiger partial charge in [0.05, 0.1) is 0 Å². The molecule has 0 radical (unpaired) electrons. The second-order valence-corrected chi connectivity index (χ2v) is 3.46. The van der Waals surface area contributed by atoms with Crippen molar-refractivity contribution >= 4 is 11.8 Å². The Morgan fingerprint density at radius 3 is 2.62 bits per heavy atom. The quantitative estimate of drug-likeness (QED) is 0.607. The minimum absolute atomic E-state index is 0.534. The van der Waals surface area contributed by atoms with Crippen LogP contribution in [-0.4, -0.2) is 18.1 Å². The second kappa shape index (κ2) is 2.74. The van der Waals surface area contributed by atoms with Crippen LogP contribution in [0.1, 0.15) is 12.8 Å². The van der Waals surface area contributed by atoms with E-state index in [2.05, 4.69) is 6.26 Å². The lowest BCUT2D eigenvalue weighted by atomic mass is 9.82.